The van der Waals surface area contributed by atoms with E-state index in [1.807, 2.05) is 60.8 Å². The molecule has 0 rings (SSSR count). The maximum atomic E-state index is 12.8. The van der Waals surface area contributed by atoms with Crippen molar-refractivity contribution in [1.29, 1.82) is 0 Å². The van der Waals surface area contributed by atoms with Crippen molar-refractivity contribution in [3.05, 3.63) is 158 Å². The van der Waals surface area contributed by atoms with E-state index in [9.17, 15) is 14.4 Å². The molecule has 0 spiro atoms. The average Bonchev–Trinajstić information content (AvgIpc) is 3.37. The Labute approximate surface area is 435 Å². The Morgan fingerprint density at radius 1 is 0.310 bits per heavy atom. The van der Waals surface area contributed by atoms with Gasteiger partial charge in [0.15, 0.2) is 6.10 Å². The van der Waals surface area contributed by atoms with Crippen LogP contribution in [-0.4, -0.2) is 37.2 Å². The largest absolute Gasteiger partial charge is 0.462 e. The molecule has 6 heteroatoms. The van der Waals surface area contributed by atoms with Crippen LogP contribution in [0.15, 0.2) is 158 Å². The van der Waals surface area contributed by atoms with E-state index >= 15 is 0 Å². The number of allylic oxidation sites excluding steroid dienone is 26. The number of ether oxygens (including phenoxy) is 3. The zero-order valence-corrected chi connectivity index (χ0v) is 45.2. The van der Waals surface area contributed by atoms with Crippen LogP contribution in [0.1, 0.15) is 213 Å². The predicted octanol–water partition coefficient (Wildman–Crippen LogP) is 19.0. The Hall–Kier alpha value is -4.97. The summed E-state index contributed by atoms with van der Waals surface area (Å²) in [5.74, 6) is -1.01. The molecule has 0 aromatic heterocycles. The summed E-state index contributed by atoms with van der Waals surface area (Å²) < 4.78 is 16.8. The molecule has 0 saturated carbocycles. The van der Waals surface area contributed by atoms with Gasteiger partial charge in [0.1, 0.15) is 13.2 Å². The molecule has 0 bridgehead atoms. The molecule has 71 heavy (non-hydrogen) atoms. The SMILES string of the molecule is CC\C=C/C=C\C=C/C=C\C=C\C=C/CCCCCC(=O)OC(COC(=O)CCCCC/C=C\C/C=C\C/C=C\C/C=C\C/C=C\CC)COC(=O)CCCCCCCCC/C=C\C/C=C\CCCCC. The summed E-state index contributed by atoms with van der Waals surface area (Å²) in [7, 11) is 0. The Bertz CT molecular complexity index is 1640. The number of carbonyl (C=O) groups is 3. The highest BCUT2D eigenvalue weighted by atomic mass is 16.6. The fraction of sp³-hybridized carbons (Fsp3) is 0.554. The van der Waals surface area contributed by atoms with Gasteiger partial charge in [-0.15, -0.1) is 0 Å². The highest BCUT2D eigenvalue weighted by molar-refractivity contribution is 5.71. The maximum Gasteiger partial charge on any atom is 0.306 e. The smallest absolute Gasteiger partial charge is 0.306 e. The number of carbonyl (C=O) groups excluding carboxylic acids is 3. The molecule has 0 aliphatic heterocycles. The first-order valence-electron chi connectivity index (χ1n) is 28.1. The van der Waals surface area contributed by atoms with Crippen LogP contribution in [0.3, 0.4) is 0 Å². The highest BCUT2D eigenvalue weighted by Gasteiger charge is 2.19. The summed E-state index contributed by atoms with van der Waals surface area (Å²) in [5.41, 5.74) is 0. The molecule has 0 N–H and O–H groups in total. The van der Waals surface area contributed by atoms with Crippen LogP contribution in [-0.2, 0) is 28.6 Å². The second kappa shape index (κ2) is 57.6. The summed E-state index contributed by atoms with van der Waals surface area (Å²) in [6.07, 6.45) is 83.6. The van der Waals surface area contributed by atoms with Crippen molar-refractivity contribution >= 4 is 17.9 Å². The standard InChI is InChI=1S/C65H100O6/c1-4-7-10-13-16-19-22-25-28-31-32-35-37-40-43-46-49-52-55-58-64(67)70-61-62(71-65(68)59-56-53-50-47-44-41-38-34-30-27-24-21-18-15-12-9-6-3)60-69-63(66)57-54-51-48-45-42-39-36-33-29-26-23-20-17-14-11-8-5-2/h7,9-10,12,15-21,24-30,32,34-35,38,40-41,43-44,62H,4-6,8,11,13-14,22-23,31,33,36-37,39,42,45-61H2,1-3H3/b10-7-,12-9-,18-15-,19-16-,20-17-,24-21-,28-25-,29-26-,30-27-,35-32-,38-34+,43-40-,44-41-. The molecule has 0 aromatic rings. The van der Waals surface area contributed by atoms with Crippen LogP contribution in [0.2, 0.25) is 0 Å². The van der Waals surface area contributed by atoms with E-state index in [1.165, 1.54) is 51.4 Å². The molecular formula is C65H100O6. The molecule has 0 fully saturated rings. The Kier molecular flexibility index (Phi) is 53.6. The lowest BCUT2D eigenvalue weighted by Crippen LogP contribution is -2.30. The van der Waals surface area contributed by atoms with Gasteiger partial charge in [0.2, 0.25) is 0 Å². The lowest BCUT2D eigenvalue weighted by Gasteiger charge is -2.18. The number of esters is 3. The zero-order chi connectivity index (χ0) is 51.4. The van der Waals surface area contributed by atoms with Crippen LogP contribution in [0.5, 0.6) is 0 Å². The molecule has 0 aliphatic carbocycles. The Balaban J connectivity index is 4.59. The van der Waals surface area contributed by atoms with Crippen LogP contribution in [0.4, 0.5) is 0 Å². The summed E-state index contributed by atoms with van der Waals surface area (Å²) in [6.45, 7) is 6.26. The van der Waals surface area contributed by atoms with Gasteiger partial charge in [-0.05, 0) is 116 Å². The Morgan fingerprint density at radius 2 is 0.620 bits per heavy atom. The van der Waals surface area contributed by atoms with Crippen LogP contribution in [0.25, 0.3) is 0 Å². The molecule has 0 aromatic carbocycles. The molecule has 6 nitrogen and oxygen atoms in total. The predicted molar refractivity (Wildman–Crippen MR) is 306 cm³/mol. The fourth-order valence-corrected chi connectivity index (χ4v) is 7.00. The normalized spacial score (nSPS) is 13.3. The lowest BCUT2D eigenvalue weighted by atomic mass is 10.1. The molecule has 1 unspecified atom stereocenters. The number of hydrogen-bond acceptors (Lipinski definition) is 6. The van der Waals surface area contributed by atoms with E-state index in [2.05, 4.69) is 118 Å². The van der Waals surface area contributed by atoms with E-state index < -0.39 is 6.10 Å². The van der Waals surface area contributed by atoms with Gasteiger partial charge in [0.05, 0.1) is 0 Å². The van der Waals surface area contributed by atoms with Gasteiger partial charge < -0.3 is 14.2 Å². The number of rotatable bonds is 48. The van der Waals surface area contributed by atoms with E-state index in [0.29, 0.717) is 19.3 Å². The van der Waals surface area contributed by atoms with Gasteiger partial charge in [-0.2, -0.15) is 0 Å². The third kappa shape index (κ3) is 55.8. The van der Waals surface area contributed by atoms with Crippen molar-refractivity contribution in [1.82, 2.24) is 0 Å². The van der Waals surface area contributed by atoms with E-state index in [-0.39, 0.29) is 37.5 Å². The summed E-state index contributed by atoms with van der Waals surface area (Å²) >= 11 is 0. The van der Waals surface area contributed by atoms with Crippen molar-refractivity contribution in [3.63, 3.8) is 0 Å². The van der Waals surface area contributed by atoms with Gasteiger partial charge in [0, 0.05) is 19.3 Å². The molecular weight excluding hydrogens is 877 g/mol. The second-order valence-electron chi connectivity index (χ2n) is 17.9. The molecule has 0 heterocycles. The van der Waals surface area contributed by atoms with Gasteiger partial charge in [0.25, 0.3) is 0 Å². The third-order valence-electron chi connectivity index (χ3n) is 11.2. The van der Waals surface area contributed by atoms with Gasteiger partial charge in [-0.25, -0.2) is 0 Å². The third-order valence-corrected chi connectivity index (χ3v) is 11.2. The Morgan fingerprint density at radius 3 is 1.04 bits per heavy atom. The minimum Gasteiger partial charge on any atom is -0.462 e. The first-order valence-corrected chi connectivity index (χ1v) is 28.1. The van der Waals surface area contributed by atoms with Gasteiger partial charge in [-0.1, -0.05) is 237 Å². The fourth-order valence-electron chi connectivity index (χ4n) is 7.00. The lowest BCUT2D eigenvalue weighted by molar-refractivity contribution is -0.167. The molecule has 396 valence electrons. The summed E-state index contributed by atoms with van der Waals surface area (Å²) in [6, 6.07) is 0. The molecule has 0 radical (unpaired) electrons. The molecule has 0 amide bonds. The first-order chi connectivity index (χ1) is 35.0. The summed E-state index contributed by atoms with van der Waals surface area (Å²) in [4.78, 5) is 38.2. The van der Waals surface area contributed by atoms with Crippen LogP contribution < -0.4 is 0 Å². The van der Waals surface area contributed by atoms with Crippen LogP contribution in [0, 0.1) is 0 Å². The second-order valence-corrected chi connectivity index (χ2v) is 17.9. The van der Waals surface area contributed by atoms with Crippen molar-refractivity contribution in [2.45, 2.75) is 219 Å². The van der Waals surface area contributed by atoms with E-state index in [0.717, 1.165) is 116 Å². The average molecular weight is 978 g/mol. The van der Waals surface area contributed by atoms with Crippen molar-refractivity contribution in [3.8, 4) is 0 Å². The van der Waals surface area contributed by atoms with Crippen molar-refractivity contribution in [2.24, 2.45) is 0 Å². The maximum absolute atomic E-state index is 12.8. The number of unbranched alkanes of at least 4 members (excludes halogenated alkanes) is 16. The van der Waals surface area contributed by atoms with Gasteiger partial charge in [-0.3, -0.25) is 14.4 Å². The van der Waals surface area contributed by atoms with Crippen molar-refractivity contribution < 1.29 is 28.6 Å². The first kappa shape index (κ1) is 66.0. The highest BCUT2D eigenvalue weighted by Crippen LogP contribution is 2.13. The minimum absolute atomic E-state index is 0.119. The zero-order valence-electron chi connectivity index (χ0n) is 45.2. The molecule has 0 saturated heterocycles. The van der Waals surface area contributed by atoms with E-state index in [1.54, 1.807) is 0 Å². The minimum atomic E-state index is -0.828. The van der Waals surface area contributed by atoms with Crippen LogP contribution >= 0.6 is 0 Å². The number of hydrogen-bond donors (Lipinski definition) is 0. The quantitative estimate of drug-likeness (QED) is 0.0199. The topological polar surface area (TPSA) is 78.9 Å². The monoisotopic (exact) mass is 977 g/mol. The molecule has 1 atom stereocenters. The van der Waals surface area contributed by atoms with Crippen molar-refractivity contribution in [2.75, 3.05) is 13.2 Å². The van der Waals surface area contributed by atoms with E-state index in [4.69, 9.17) is 14.2 Å². The van der Waals surface area contributed by atoms with Gasteiger partial charge >= 0.3 is 17.9 Å². The molecule has 0 aliphatic rings. The summed E-state index contributed by atoms with van der Waals surface area (Å²) in [5, 5.41) is 0.